The molecule has 0 radical (unpaired) electrons. The summed E-state index contributed by atoms with van der Waals surface area (Å²) in [6, 6.07) is 14.2. The Bertz CT molecular complexity index is 1210. The monoisotopic (exact) mass is 428 g/mol. The van der Waals surface area contributed by atoms with E-state index < -0.39 is 17.0 Å². The zero-order chi connectivity index (χ0) is 21.1. The van der Waals surface area contributed by atoms with E-state index in [1.54, 1.807) is 35.8 Å². The summed E-state index contributed by atoms with van der Waals surface area (Å²) >= 11 is 12.1. The molecule has 0 aliphatic heterocycles. The summed E-state index contributed by atoms with van der Waals surface area (Å²) in [5.41, 5.74) is -0.165. The Morgan fingerprint density at radius 1 is 1.17 bits per heavy atom. The molecule has 6 nitrogen and oxygen atoms in total. The van der Waals surface area contributed by atoms with E-state index in [2.05, 4.69) is 0 Å². The highest BCUT2D eigenvalue weighted by atomic mass is 35.5. The highest BCUT2D eigenvalue weighted by Crippen LogP contribution is 2.33. The van der Waals surface area contributed by atoms with Gasteiger partial charge in [-0.1, -0.05) is 35.3 Å². The molecule has 1 N–H and O–H groups in total. The highest BCUT2D eigenvalue weighted by molar-refractivity contribution is 6.42. The Hall–Kier alpha value is -3.27. The third kappa shape index (κ3) is 4.11. The average Bonchev–Trinajstić information content (AvgIpc) is 2.69. The standard InChI is InChI=1S/C21H14Cl2N2O4/c1-2-25-18(29-14-5-3-4-12(8-14)11-24)10-17(26)19(21(27)28)20(25)13-6-7-15(22)16(23)9-13/h3-10H,2H2,1H3,(H,27,28). The summed E-state index contributed by atoms with van der Waals surface area (Å²) in [4.78, 5) is 24.5. The van der Waals surface area contributed by atoms with Gasteiger partial charge in [0.15, 0.2) is 0 Å². The predicted molar refractivity (Wildman–Crippen MR) is 110 cm³/mol. The van der Waals surface area contributed by atoms with Crippen LogP contribution in [0.4, 0.5) is 0 Å². The lowest BCUT2D eigenvalue weighted by atomic mass is 10.0. The molecule has 1 aromatic heterocycles. The maximum atomic E-state index is 12.6. The second kappa shape index (κ2) is 8.39. The van der Waals surface area contributed by atoms with E-state index in [0.29, 0.717) is 28.4 Å². The van der Waals surface area contributed by atoms with Crippen molar-refractivity contribution < 1.29 is 14.6 Å². The van der Waals surface area contributed by atoms with E-state index in [1.807, 2.05) is 6.07 Å². The van der Waals surface area contributed by atoms with Gasteiger partial charge in [-0.15, -0.1) is 0 Å². The van der Waals surface area contributed by atoms with Crippen molar-refractivity contribution >= 4 is 29.2 Å². The Morgan fingerprint density at radius 3 is 2.55 bits per heavy atom. The molecule has 3 aromatic rings. The van der Waals surface area contributed by atoms with E-state index in [-0.39, 0.29) is 16.6 Å². The fraction of sp³-hybridized carbons (Fsp3) is 0.0952. The van der Waals surface area contributed by atoms with Crippen LogP contribution < -0.4 is 10.2 Å². The van der Waals surface area contributed by atoms with E-state index >= 15 is 0 Å². The molecule has 0 amide bonds. The van der Waals surface area contributed by atoms with Crippen LogP contribution in [0.1, 0.15) is 22.8 Å². The molecule has 0 saturated heterocycles. The van der Waals surface area contributed by atoms with Crippen LogP contribution in [0.5, 0.6) is 11.6 Å². The van der Waals surface area contributed by atoms with E-state index in [4.69, 9.17) is 33.2 Å². The number of hydrogen-bond acceptors (Lipinski definition) is 4. The maximum Gasteiger partial charge on any atom is 0.341 e. The van der Waals surface area contributed by atoms with Crippen molar-refractivity contribution in [2.24, 2.45) is 0 Å². The van der Waals surface area contributed by atoms with Crippen molar-refractivity contribution in [2.45, 2.75) is 13.5 Å². The van der Waals surface area contributed by atoms with Gasteiger partial charge in [0, 0.05) is 18.2 Å². The summed E-state index contributed by atoms with van der Waals surface area (Å²) in [6.45, 7) is 2.10. The second-order valence-electron chi connectivity index (χ2n) is 5.99. The van der Waals surface area contributed by atoms with Crippen molar-refractivity contribution in [1.29, 1.82) is 5.26 Å². The summed E-state index contributed by atoms with van der Waals surface area (Å²) in [5.74, 6) is -0.885. The van der Waals surface area contributed by atoms with Crippen LogP contribution in [0.2, 0.25) is 10.0 Å². The number of ether oxygens (including phenoxy) is 1. The molecule has 29 heavy (non-hydrogen) atoms. The summed E-state index contributed by atoms with van der Waals surface area (Å²) in [6.07, 6.45) is 0. The van der Waals surface area contributed by atoms with Gasteiger partial charge in [0.1, 0.15) is 11.3 Å². The molecule has 0 saturated carbocycles. The Balaban J connectivity index is 2.27. The lowest BCUT2D eigenvalue weighted by Crippen LogP contribution is -2.21. The lowest BCUT2D eigenvalue weighted by molar-refractivity contribution is 0.0695. The van der Waals surface area contributed by atoms with E-state index in [0.717, 1.165) is 6.07 Å². The van der Waals surface area contributed by atoms with Crippen LogP contribution in [0, 0.1) is 11.3 Å². The van der Waals surface area contributed by atoms with Crippen LogP contribution in [0.15, 0.2) is 53.3 Å². The minimum atomic E-state index is -1.36. The molecule has 8 heteroatoms. The fourth-order valence-electron chi connectivity index (χ4n) is 2.92. The number of carbonyl (C=O) groups is 1. The zero-order valence-electron chi connectivity index (χ0n) is 15.1. The molecule has 146 valence electrons. The third-order valence-electron chi connectivity index (χ3n) is 4.18. The van der Waals surface area contributed by atoms with Crippen molar-refractivity contribution in [3.8, 4) is 29.0 Å². The van der Waals surface area contributed by atoms with Gasteiger partial charge in [-0.3, -0.25) is 4.79 Å². The van der Waals surface area contributed by atoms with Crippen LogP contribution in [-0.4, -0.2) is 15.6 Å². The largest absolute Gasteiger partial charge is 0.477 e. The van der Waals surface area contributed by atoms with E-state index in [9.17, 15) is 14.7 Å². The number of nitrogens with zero attached hydrogens (tertiary/aromatic N) is 2. The molecule has 0 aliphatic carbocycles. The molecule has 2 aromatic carbocycles. The zero-order valence-corrected chi connectivity index (χ0v) is 16.7. The first-order valence-electron chi connectivity index (χ1n) is 8.50. The van der Waals surface area contributed by atoms with Gasteiger partial charge in [0.25, 0.3) is 0 Å². The molecule has 3 rings (SSSR count). The van der Waals surface area contributed by atoms with Gasteiger partial charge in [-0.05, 0) is 37.3 Å². The van der Waals surface area contributed by atoms with Crippen LogP contribution in [0.25, 0.3) is 11.3 Å². The first-order valence-corrected chi connectivity index (χ1v) is 9.25. The number of rotatable bonds is 5. The van der Waals surface area contributed by atoms with Crippen LogP contribution in [0.3, 0.4) is 0 Å². The first-order chi connectivity index (χ1) is 13.8. The van der Waals surface area contributed by atoms with Crippen molar-refractivity contribution in [2.75, 3.05) is 0 Å². The number of aromatic carboxylic acids is 1. The molecular weight excluding hydrogens is 415 g/mol. The predicted octanol–water partition coefficient (Wildman–Crippen LogP) is 5.20. The molecule has 0 atom stereocenters. The minimum Gasteiger partial charge on any atom is -0.477 e. The topological polar surface area (TPSA) is 92.3 Å². The molecular formula is C21H14Cl2N2O4. The first kappa shape index (κ1) is 20.5. The van der Waals surface area contributed by atoms with E-state index in [1.165, 1.54) is 18.2 Å². The summed E-state index contributed by atoms with van der Waals surface area (Å²) in [7, 11) is 0. The third-order valence-corrected chi connectivity index (χ3v) is 4.92. The van der Waals surface area contributed by atoms with Crippen LogP contribution >= 0.6 is 23.2 Å². The average molecular weight is 429 g/mol. The van der Waals surface area contributed by atoms with Crippen LogP contribution in [-0.2, 0) is 6.54 Å². The summed E-state index contributed by atoms with van der Waals surface area (Å²) < 4.78 is 7.39. The Morgan fingerprint density at radius 2 is 1.93 bits per heavy atom. The van der Waals surface area contributed by atoms with Gasteiger partial charge in [-0.25, -0.2) is 4.79 Å². The number of pyridine rings is 1. The SMILES string of the molecule is CCn1c(Oc2cccc(C#N)c2)cc(=O)c(C(=O)O)c1-c1ccc(Cl)c(Cl)c1. The maximum absolute atomic E-state index is 12.6. The number of benzene rings is 2. The number of aromatic nitrogens is 1. The van der Waals surface area contributed by atoms with Crippen molar-refractivity contribution in [3.05, 3.63) is 79.9 Å². The van der Waals surface area contributed by atoms with Crippen molar-refractivity contribution in [1.82, 2.24) is 4.57 Å². The fourth-order valence-corrected chi connectivity index (χ4v) is 3.22. The molecule has 0 fully saturated rings. The quantitative estimate of drug-likeness (QED) is 0.602. The normalized spacial score (nSPS) is 10.4. The number of nitriles is 1. The van der Waals surface area contributed by atoms with Gasteiger partial charge in [-0.2, -0.15) is 5.26 Å². The highest BCUT2D eigenvalue weighted by Gasteiger charge is 2.23. The van der Waals surface area contributed by atoms with Gasteiger partial charge in [0.2, 0.25) is 11.3 Å². The summed E-state index contributed by atoms with van der Waals surface area (Å²) in [5, 5.41) is 19.2. The van der Waals surface area contributed by atoms with Gasteiger partial charge in [0.05, 0.1) is 27.4 Å². The van der Waals surface area contributed by atoms with Gasteiger partial charge < -0.3 is 14.4 Å². The number of hydrogen-bond donors (Lipinski definition) is 1. The smallest absolute Gasteiger partial charge is 0.341 e. The number of carboxylic acid groups (broad SMARTS) is 1. The molecule has 0 aliphatic rings. The Kier molecular flexibility index (Phi) is 5.92. The Labute approximate surface area is 176 Å². The molecule has 0 spiro atoms. The molecule has 0 bridgehead atoms. The molecule has 0 unspecified atom stereocenters. The minimum absolute atomic E-state index is 0.138. The van der Waals surface area contributed by atoms with Crippen molar-refractivity contribution in [3.63, 3.8) is 0 Å². The molecule has 1 heterocycles. The number of halogens is 2. The lowest BCUT2D eigenvalue weighted by Gasteiger charge is -2.20. The number of carboxylic acids is 1. The second-order valence-corrected chi connectivity index (χ2v) is 6.80. The van der Waals surface area contributed by atoms with Gasteiger partial charge >= 0.3 is 5.97 Å².